The summed E-state index contributed by atoms with van der Waals surface area (Å²) in [5.41, 5.74) is 8.73. The minimum absolute atomic E-state index is 0.244. The number of aryl methyl sites for hydroxylation is 1. The van der Waals surface area contributed by atoms with Gasteiger partial charge in [0.1, 0.15) is 11.3 Å². The molecule has 3 aromatic rings. The molecule has 0 aromatic carbocycles. The number of nitrogens with one attached hydrogen (secondary N) is 1. The van der Waals surface area contributed by atoms with Gasteiger partial charge in [0.15, 0.2) is 5.82 Å². The number of anilines is 1. The van der Waals surface area contributed by atoms with Crippen molar-refractivity contribution in [3.63, 3.8) is 0 Å². The second-order valence-corrected chi connectivity index (χ2v) is 4.76. The molecular weight excluding hydrogens is 268 g/mol. The summed E-state index contributed by atoms with van der Waals surface area (Å²) in [5, 5.41) is 7.12. The van der Waals surface area contributed by atoms with Crippen LogP contribution < -0.4 is 11.1 Å². The first-order chi connectivity index (χ1) is 10.1. The van der Waals surface area contributed by atoms with Crippen LogP contribution in [0.4, 0.5) is 5.82 Å². The highest BCUT2D eigenvalue weighted by Crippen LogP contribution is 2.18. The number of hydrogen-bond donors (Lipinski definition) is 2. The molecule has 0 saturated carbocycles. The van der Waals surface area contributed by atoms with Crippen LogP contribution in [0.1, 0.15) is 21.7 Å². The number of nitrogens with zero attached hydrogens (tertiary/aromatic N) is 4. The van der Waals surface area contributed by atoms with E-state index in [-0.39, 0.29) is 5.91 Å². The van der Waals surface area contributed by atoms with Gasteiger partial charge < -0.3 is 11.1 Å². The Morgan fingerprint density at radius 2 is 2.24 bits per heavy atom. The van der Waals surface area contributed by atoms with E-state index in [1.807, 2.05) is 20.0 Å². The van der Waals surface area contributed by atoms with Crippen LogP contribution in [0, 0.1) is 6.92 Å². The SMILES string of the molecule is Cc1c(CN)c(NC(=O)c2cccc3nccn23)nn1C. The highest BCUT2D eigenvalue weighted by molar-refractivity contribution is 6.03. The average molecular weight is 284 g/mol. The quantitative estimate of drug-likeness (QED) is 0.753. The Morgan fingerprint density at radius 1 is 1.43 bits per heavy atom. The van der Waals surface area contributed by atoms with Crippen molar-refractivity contribution in [3.8, 4) is 0 Å². The van der Waals surface area contributed by atoms with Crippen LogP contribution in [0.3, 0.4) is 0 Å². The largest absolute Gasteiger partial charge is 0.326 e. The predicted molar refractivity (Wildman–Crippen MR) is 79.0 cm³/mol. The number of nitrogens with two attached hydrogens (primary N) is 1. The molecule has 0 spiro atoms. The first-order valence-corrected chi connectivity index (χ1v) is 6.57. The van der Waals surface area contributed by atoms with E-state index in [0.29, 0.717) is 18.1 Å². The number of rotatable bonds is 3. The van der Waals surface area contributed by atoms with Crippen LogP contribution in [0.5, 0.6) is 0 Å². The second kappa shape index (κ2) is 5.02. The average Bonchev–Trinajstić information content (AvgIpc) is 3.04. The van der Waals surface area contributed by atoms with Crippen molar-refractivity contribution in [1.82, 2.24) is 19.2 Å². The molecular formula is C14H16N6O. The lowest BCUT2D eigenvalue weighted by Crippen LogP contribution is -2.17. The Morgan fingerprint density at radius 3 is 3.00 bits per heavy atom. The van der Waals surface area contributed by atoms with Gasteiger partial charge in [0, 0.05) is 37.2 Å². The number of pyridine rings is 1. The van der Waals surface area contributed by atoms with Crippen LogP contribution in [0.15, 0.2) is 30.6 Å². The van der Waals surface area contributed by atoms with Gasteiger partial charge >= 0.3 is 0 Å². The van der Waals surface area contributed by atoms with Crippen LogP contribution in [-0.2, 0) is 13.6 Å². The van der Waals surface area contributed by atoms with Crippen LogP contribution in [-0.4, -0.2) is 25.1 Å². The number of fused-ring (bicyclic) bond motifs is 1. The summed E-state index contributed by atoms with van der Waals surface area (Å²) in [6.07, 6.45) is 3.40. The van der Waals surface area contributed by atoms with Crippen LogP contribution in [0.25, 0.3) is 5.65 Å². The van der Waals surface area contributed by atoms with Crippen LogP contribution >= 0.6 is 0 Å². The predicted octanol–water partition coefficient (Wildman–Crippen LogP) is 1.09. The molecule has 0 atom stereocenters. The van der Waals surface area contributed by atoms with Gasteiger partial charge in [0.2, 0.25) is 0 Å². The normalized spacial score (nSPS) is 11.0. The molecule has 7 nitrogen and oxygen atoms in total. The fraction of sp³-hybridized carbons (Fsp3) is 0.214. The van der Waals surface area contributed by atoms with Crippen molar-refractivity contribution in [2.24, 2.45) is 12.8 Å². The third-order valence-electron chi connectivity index (χ3n) is 3.55. The van der Waals surface area contributed by atoms with Gasteiger partial charge in [-0.1, -0.05) is 6.07 Å². The molecule has 0 aliphatic heterocycles. The van der Waals surface area contributed by atoms with Crippen molar-refractivity contribution in [3.05, 3.63) is 47.5 Å². The van der Waals surface area contributed by atoms with Gasteiger partial charge in [-0.15, -0.1) is 0 Å². The summed E-state index contributed by atoms with van der Waals surface area (Å²) in [6, 6.07) is 5.37. The second-order valence-electron chi connectivity index (χ2n) is 4.76. The number of carbonyl (C=O) groups is 1. The number of hydrogen-bond acceptors (Lipinski definition) is 4. The lowest BCUT2D eigenvalue weighted by atomic mass is 10.2. The van der Waals surface area contributed by atoms with Gasteiger partial charge in [-0.25, -0.2) is 4.98 Å². The lowest BCUT2D eigenvalue weighted by molar-refractivity contribution is 0.102. The van der Waals surface area contributed by atoms with E-state index >= 15 is 0 Å². The van der Waals surface area contributed by atoms with Crippen molar-refractivity contribution >= 4 is 17.4 Å². The molecule has 0 aliphatic rings. The number of carbonyl (C=O) groups excluding carboxylic acids is 1. The highest BCUT2D eigenvalue weighted by Gasteiger charge is 2.16. The lowest BCUT2D eigenvalue weighted by Gasteiger charge is -2.06. The van der Waals surface area contributed by atoms with E-state index in [1.165, 1.54) is 0 Å². The van der Waals surface area contributed by atoms with Gasteiger partial charge in [-0.05, 0) is 19.1 Å². The van der Waals surface area contributed by atoms with Gasteiger partial charge in [0.25, 0.3) is 5.91 Å². The van der Waals surface area contributed by atoms with Crippen LogP contribution in [0.2, 0.25) is 0 Å². The molecule has 3 aromatic heterocycles. The van der Waals surface area contributed by atoms with Crippen molar-refractivity contribution < 1.29 is 4.79 Å². The fourth-order valence-corrected chi connectivity index (χ4v) is 2.30. The summed E-state index contributed by atoms with van der Waals surface area (Å²) >= 11 is 0. The van der Waals surface area contributed by atoms with E-state index in [2.05, 4.69) is 15.4 Å². The molecule has 0 bridgehead atoms. The van der Waals surface area contributed by atoms with Gasteiger partial charge in [-0.2, -0.15) is 5.10 Å². The third-order valence-corrected chi connectivity index (χ3v) is 3.55. The molecule has 0 aliphatic carbocycles. The molecule has 7 heteroatoms. The Labute approximate surface area is 121 Å². The third kappa shape index (κ3) is 2.17. The fourth-order valence-electron chi connectivity index (χ4n) is 2.30. The molecule has 108 valence electrons. The molecule has 0 saturated heterocycles. The highest BCUT2D eigenvalue weighted by atomic mass is 16.2. The number of aromatic nitrogens is 4. The maximum absolute atomic E-state index is 12.5. The Bertz CT molecular complexity index is 816. The summed E-state index contributed by atoms with van der Waals surface area (Å²) in [4.78, 5) is 16.6. The molecule has 3 heterocycles. The van der Waals surface area contributed by atoms with E-state index in [1.54, 1.807) is 33.6 Å². The molecule has 21 heavy (non-hydrogen) atoms. The van der Waals surface area contributed by atoms with Crippen molar-refractivity contribution in [1.29, 1.82) is 0 Å². The molecule has 0 radical (unpaired) electrons. The zero-order valence-electron chi connectivity index (χ0n) is 11.9. The van der Waals surface area contributed by atoms with Gasteiger partial charge in [0.05, 0.1) is 0 Å². The number of amides is 1. The van der Waals surface area contributed by atoms with Gasteiger partial charge in [-0.3, -0.25) is 13.9 Å². The minimum atomic E-state index is -0.244. The molecule has 3 N–H and O–H groups in total. The first kappa shape index (κ1) is 13.3. The minimum Gasteiger partial charge on any atom is -0.326 e. The monoisotopic (exact) mass is 284 g/mol. The maximum Gasteiger partial charge on any atom is 0.273 e. The summed E-state index contributed by atoms with van der Waals surface area (Å²) in [6.45, 7) is 2.24. The first-order valence-electron chi connectivity index (χ1n) is 6.57. The summed E-state index contributed by atoms with van der Waals surface area (Å²) < 4.78 is 3.43. The summed E-state index contributed by atoms with van der Waals surface area (Å²) in [7, 11) is 1.82. The zero-order valence-corrected chi connectivity index (χ0v) is 11.9. The molecule has 1 amide bonds. The molecule has 0 unspecified atom stereocenters. The molecule has 3 rings (SSSR count). The van der Waals surface area contributed by atoms with E-state index in [4.69, 9.17) is 5.73 Å². The topological polar surface area (TPSA) is 90.2 Å². The Hall–Kier alpha value is -2.67. The zero-order chi connectivity index (χ0) is 15.0. The van der Waals surface area contributed by atoms with E-state index in [0.717, 1.165) is 16.9 Å². The maximum atomic E-state index is 12.5. The molecule has 0 fully saturated rings. The summed E-state index contributed by atoms with van der Waals surface area (Å²) in [5.74, 6) is 0.256. The van der Waals surface area contributed by atoms with E-state index in [9.17, 15) is 4.79 Å². The Kier molecular flexibility index (Phi) is 3.19. The van der Waals surface area contributed by atoms with Crippen molar-refractivity contribution in [2.45, 2.75) is 13.5 Å². The standard InChI is InChI=1S/C14H16N6O/c1-9-10(8-15)13(18-19(9)2)17-14(21)11-4-3-5-12-16-6-7-20(11)12/h3-7H,8,15H2,1-2H3,(H,17,18,21). The number of imidazole rings is 1. The Balaban J connectivity index is 1.97. The van der Waals surface area contributed by atoms with Crippen molar-refractivity contribution in [2.75, 3.05) is 5.32 Å². The smallest absolute Gasteiger partial charge is 0.273 e. The van der Waals surface area contributed by atoms with E-state index < -0.39 is 0 Å².